The predicted molar refractivity (Wildman–Crippen MR) is 236 cm³/mol. The van der Waals surface area contributed by atoms with Gasteiger partial charge in [-0.3, -0.25) is 0 Å². The molecule has 12 rings (SSSR count). The van der Waals surface area contributed by atoms with Gasteiger partial charge in [-0.15, -0.1) is 0 Å². The van der Waals surface area contributed by atoms with Crippen molar-refractivity contribution in [3.63, 3.8) is 0 Å². The molecule has 0 fully saturated rings. The van der Waals surface area contributed by atoms with Crippen molar-refractivity contribution in [3.8, 4) is 0 Å². The molecule has 0 saturated heterocycles. The number of aryl methyl sites for hydroxylation is 8. The largest absolute Gasteiger partial charge is 0.0876 e. The highest BCUT2D eigenvalue weighted by Gasteiger charge is 2.17. The van der Waals surface area contributed by atoms with Crippen LogP contribution in [0.2, 0.25) is 0 Å². The lowest BCUT2D eigenvalue weighted by atomic mass is 9.88. The first-order valence-electron chi connectivity index (χ1n) is 16.4. The van der Waals surface area contributed by atoms with E-state index in [0.717, 1.165) is 94.0 Å². The van der Waals surface area contributed by atoms with Crippen LogP contribution >= 0.6 is 127 Å². The van der Waals surface area contributed by atoms with Crippen LogP contribution in [0, 0.1) is 0 Å². The maximum Gasteiger partial charge on any atom is 0.0285 e. The molecule has 8 bridgehead atoms. The molecule has 0 saturated carbocycles. The summed E-state index contributed by atoms with van der Waals surface area (Å²) in [4.78, 5) is 0. The van der Waals surface area contributed by atoms with E-state index < -0.39 is 0 Å². The van der Waals surface area contributed by atoms with Crippen LogP contribution in [-0.4, -0.2) is 0 Å². The Hall–Kier alpha value is 0.720. The van der Waals surface area contributed by atoms with E-state index in [0.29, 0.717) is 0 Å². The van der Waals surface area contributed by atoms with Crippen LogP contribution in [-0.2, 0) is 94.0 Å². The predicted octanol–water partition coefficient (Wildman–Crippen LogP) is 14.3. The van der Waals surface area contributed by atoms with Gasteiger partial charge < -0.3 is 0 Å². The summed E-state index contributed by atoms with van der Waals surface area (Å²) in [7, 11) is 0. The van der Waals surface area contributed by atoms with Crippen LogP contribution in [0.4, 0.5) is 0 Å². The fourth-order valence-corrected chi connectivity index (χ4v) is 11.3. The third-order valence-electron chi connectivity index (χ3n) is 9.89. The van der Waals surface area contributed by atoms with Crippen molar-refractivity contribution in [2.24, 2.45) is 0 Å². The lowest BCUT2D eigenvalue weighted by Crippen LogP contribution is -2.08. The summed E-state index contributed by atoms with van der Waals surface area (Å²) in [5, 5.41) is 7.50. The smallest absolute Gasteiger partial charge is 0.0285 e. The Bertz CT molecular complexity index is 1350. The molecule has 8 aliphatic carbocycles. The van der Waals surface area contributed by atoms with Crippen molar-refractivity contribution in [1.29, 1.82) is 0 Å². The maximum atomic E-state index is 3.69. The van der Waals surface area contributed by atoms with E-state index in [-0.39, 0.29) is 0 Å². The molecule has 0 radical (unpaired) electrons. The molecule has 0 spiro atoms. The van der Waals surface area contributed by atoms with E-state index in [4.69, 9.17) is 0 Å². The summed E-state index contributed by atoms with van der Waals surface area (Å²) in [6.45, 7) is 0. The summed E-state index contributed by atoms with van der Waals surface area (Å²) in [5.74, 6) is 0. The molecular formula is C40H40Br8. The molecule has 0 atom stereocenters. The number of halogens is 8. The third kappa shape index (κ3) is 9.63. The molecule has 0 nitrogen and oxygen atoms in total. The normalized spacial score (nSPS) is 13.8. The Balaban J connectivity index is 0.000000188. The fourth-order valence-electron chi connectivity index (χ4n) is 7.10. The monoisotopic (exact) mass is 1150 g/mol. The number of hydrogen-bond donors (Lipinski definition) is 0. The molecule has 8 heteroatoms. The van der Waals surface area contributed by atoms with Crippen LogP contribution in [0.1, 0.15) is 89.0 Å². The van der Waals surface area contributed by atoms with Crippen LogP contribution < -0.4 is 0 Å². The van der Waals surface area contributed by atoms with Crippen molar-refractivity contribution in [2.75, 3.05) is 0 Å². The van der Waals surface area contributed by atoms with Crippen LogP contribution in [0.3, 0.4) is 0 Å². The van der Waals surface area contributed by atoms with Gasteiger partial charge in [-0.25, -0.2) is 0 Å². The minimum atomic E-state index is 0.938. The van der Waals surface area contributed by atoms with Crippen LogP contribution in [0.15, 0.2) is 48.5 Å². The first-order chi connectivity index (χ1) is 23.4. The Labute approximate surface area is 354 Å². The molecule has 0 aromatic heterocycles. The van der Waals surface area contributed by atoms with Gasteiger partial charge in [0.2, 0.25) is 0 Å². The molecule has 4 aromatic rings. The quantitative estimate of drug-likeness (QED) is 0.154. The molecule has 0 N–H and O–H groups in total. The minimum Gasteiger partial charge on any atom is -0.0876 e. The van der Waals surface area contributed by atoms with Crippen molar-refractivity contribution < 1.29 is 0 Å². The van der Waals surface area contributed by atoms with Gasteiger partial charge >= 0.3 is 0 Å². The molecule has 0 unspecified atom stereocenters. The van der Waals surface area contributed by atoms with E-state index in [2.05, 4.69) is 176 Å². The van der Waals surface area contributed by atoms with Gasteiger partial charge in [-0.2, -0.15) is 0 Å². The summed E-state index contributed by atoms with van der Waals surface area (Å²) >= 11 is 29.5. The Morgan fingerprint density at radius 1 is 0.229 bits per heavy atom. The molecule has 8 aliphatic rings. The van der Waals surface area contributed by atoms with Gasteiger partial charge in [0.25, 0.3) is 0 Å². The lowest BCUT2D eigenvalue weighted by Gasteiger charge is -2.20. The van der Waals surface area contributed by atoms with Crippen molar-refractivity contribution in [3.05, 3.63) is 138 Å². The molecule has 0 amide bonds. The number of rotatable bonds is 8. The van der Waals surface area contributed by atoms with E-state index in [1.165, 1.54) is 89.0 Å². The number of alkyl halides is 8. The molecule has 4 aromatic carbocycles. The minimum absolute atomic E-state index is 0.938. The highest BCUT2D eigenvalue weighted by Crippen LogP contribution is 2.31. The van der Waals surface area contributed by atoms with E-state index >= 15 is 0 Å². The number of benzene rings is 4. The average molecular weight is 1160 g/mol. The maximum absolute atomic E-state index is 3.69. The van der Waals surface area contributed by atoms with Gasteiger partial charge in [-0.05, 0) is 140 Å². The van der Waals surface area contributed by atoms with Gasteiger partial charge in [-0.1, -0.05) is 176 Å². The SMILES string of the molecule is BrCc1cc2c(CBr)cc1CCc1cc(CBr)c(cc1CBr)CC2.BrCc1cc2c(CBr)cc1CCc1cc(CBr)c(cc1CBr)CC2. The molecule has 256 valence electrons. The van der Waals surface area contributed by atoms with Gasteiger partial charge in [0, 0.05) is 42.6 Å². The van der Waals surface area contributed by atoms with Crippen molar-refractivity contribution >= 4 is 127 Å². The number of hydrogen-bond acceptors (Lipinski definition) is 0. The standard InChI is InChI=1S/2C20H20Br4/c2*21-9-17-7-15-3-4-16-8-19(11-23)14(6-20(16)12-24)2-1-13(17)5-18(15)10-22/h2*5-8H,1-4,9-12H2. The van der Waals surface area contributed by atoms with Gasteiger partial charge in [0.1, 0.15) is 0 Å². The Morgan fingerprint density at radius 3 is 0.417 bits per heavy atom. The first kappa shape index (κ1) is 39.9. The van der Waals surface area contributed by atoms with Gasteiger partial charge in [0.05, 0.1) is 0 Å². The summed E-state index contributed by atoms with van der Waals surface area (Å²) in [6.07, 6.45) is 8.80. The second-order valence-electron chi connectivity index (χ2n) is 12.6. The first-order valence-corrected chi connectivity index (χ1v) is 25.4. The highest BCUT2D eigenvalue weighted by molar-refractivity contribution is 9.09. The molecular weight excluding hydrogens is 1120 g/mol. The highest BCUT2D eigenvalue weighted by atomic mass is 79.9. The second kappa shape index (κ2) is 19.7. The topological polar surface area (TPSA) is 0 Å². The van der Waals surface area contributed by atoms with Crippen LogP contribution in [0.25, 0.3) is 0 Å². The van der Waals surface area contributed by atoms with E-state index in [1.54, 1.807) is 0 Å². The second-order valence-corrected chi connectivity index (χ2v) is 17.1. The van der Waals surface area contributed by atoms with Crippen molar-refractivity contribution in [2.45, 2.75) is 94.0 Å². The lowest BCUT2D eigenvalue weighted by molar-refractivity contribution is 0.884. The van der Waals surface area contributed by atoms with Crippen LogP contribution in [0.5, 0.6) is 0 Å². The molecule has 0 heterocycles. The summed E-state index contributed by atoms with van der Waals surface area (Å²) < 4.78 is 0. The summed E-state index contributed by atoms with van der Waals surface area (Å²) in [5.41, 5.74) is 23.5. The Morgan fingerprint density at radius 2 is 0.333 bits per heavy atom. The van der Waals surface area contributed by atoms with E-state index in [9.17, 15) is 0 Å². The third-order valence-corrected chi connectivity index (χ3v) is 14.7. The zero-order valence-corrected chi connectivity index (χ0v) is 39.6. The molecule has 48 heavy (non-hydrogen) atoms. The Kier molecular flexibility index (Phi) is 16.4. The molecule has 0 aliphatic heterocycles. The zero-order valence-electron chi connectivity index (χ0n) is 27.0. The fraction of sp³-hybridized carbons (Fsp3) is 0.400. The van der Waals surface area contributed by atoms with E-state index in [1.807, 2.05) is 0 Å². The van der Waals surface area contributed by atoms with Crippen molar-refractivity contribution in [1.82, 2.24) is 0 Å². The van der Waals surface area contributed by atoms with Gasteiger partial charge in [0.15, 0.2) is 0 Å². The zero-order chi connectivity index (χ0) is 34.2. The summed E-state index contributed by atoms with van der Waals surface area (Å²) in [6, 6.07) is 19.4. The average Bonchev–Trinajstić information content (AvgIpc) is 3.12.